The van der Waals surface area contributed by atoms with Gasteiger partial charge >= 0.3 is 0 Å². The van der Waals surface area contributed by atoms with Gasteiger partial charge in [0.15, 0.2) is 16.5 Å². The number of hydrogen-bond acceptors (Lipinski definition) is 6. The molecule has 0 bridgehead atoms. The zero-order valence-corrected chi connectivity index (χ0v) is 10.4. The van der Waals surface area contributed by atoms with Gasteiger partial charge in [-0.15, -0.1) is 10.2 Å². The number of furan rings is 1. The van der Waals surface area contributed by atoms with Crippen molar-refractivity contribution in [2.45, 2.75) is 0 Å². The highest BCUT2D eigenvalue weighted by Gasteiger charge is 2.17. The summed E-state index contributed by atoms with van der Waals surface area (Å²) in [6.07, 6.45) is 1.61. The minimum atomic E-state index is 0.670. The molecular weight excluding hydrogens is 262 g/mol. The van der Waals surface area contributed by atoms with Crippen molar-refractivity contribution in [3.8, 4) is 16.5 Å². The first-order valence-electron chi connectivity index (χ1n) is 5.60. The van der Waals surface area contributed by atoms with Crippen LogP contribution in [0.1, 0.15) is 0 Å². The molecule has 0 aliphatic rings. The van der Waals surface area contributed by atoms with Crippen molar-refractivity contribution >= 4 is 22.6 Å². The van der Waals surface area contributed by atoms with Gasteiger partial charge in [-0.2, -0.15) is 4.68 Å². The molecule has 0 aliphatic heterocycles. The highest BCUT2D eigenvalue weighted by Crippen LogP contribution is 2.29. The summed E-state index contributed by atoms with van der Waals surface area (Å²) >= 11 is 1.26. The van der Waals surface area contributed by atoms with Crippen LogP contribution in [-0.2, 0) is 0 Å². The quantitative estimate of drug-likeness (QED) is 0.559. The van der Waals surface area contributed by atoms with Gasteiger partial charge in [0.1, 0.15) is 5.52 Å². The summed E-state index contributed by atoms with van der Waals surface area (Å²) in [5, 5.41) is 13.2. The Balaban J connectivity index is 1.96. The molecule has 92 valence electrons. The Bertz CT molecular complexity index is 833. The first kappa shape index (κ1) is 10.4. The van der Waals surface area contributed by atoms with E-state index in [1.807, 2.05) is 36.4 Å². The lowest BCUT2D eigenvalue weighted by Crippen LogP contribution is -1.95. The van der Waals surface area contributed by atoms with E-state index in [1.165, 1.54) is 11.5 Å². The Morgan fingerprint density at radius 3 is 2.89 bits per heavy atom. The zero-order chi connectivity index (χ0) is 12.7. The van der Waals surface area contributed by atoms with Gasteiger partial charge in [-0.1, -0.05) is 21.8 Å². The molecule has 0 spiro atoms. The molecule has 0 saturated carbocycles. The van der Waals surface area contributed by atoms with E-state index >= 15 is 0 Å². The van der Waals surface area contributed by atoms with E-state index in [2.05, 4.69) is 19.9 Å². The Morgan fingerprint density at radius 2 is 2.00 bits per heavy atom. The molecule has 4 aromatic rings. The molecule has 3 aromatic heterocycles. The van der Waals surface area contributed by atoms with E-state index in [1.54, 1.807) is 10.9 Å². The molecule has 0 fully saturated rings. The van der Waals surface area contributed by atoms with Crippen LogP contribution in [0.15, 0.2) is 47.1 Å². The van der Waals surface area contributed by atoms with Crippen molar-refractivity contribution in [2.24, 2.45) is 0 Å². The third kappa shape index (κ3) is 1.55. The molecule has 0 unspecified atom stereocenters. The lowest BCUT2D eigenvalue weighted by atomic mass is 10.3. The van der Waals surface area contributed by atoms with Crippen LogP contribution >= 0.6 is 11.5 Å². The van der Waals surface area contributed by atoms with Gasteiger partial charge in [0, 0.05) is 11.5 Å². The zero-order valence-electron chi connectivity index (χ0n) is 9.59. The molecule has 7 heteroatoms. The molecule has 3 heterocycles. The first-order valence-corrected chi connectivity index (χ1v) is 6.38. The number of nitrogens with zero attached hydrogens (tertiary/aromatic N) is 5. The Labute approximate surface area is 111 Å². The summed E-state index contributed by atoms with van der Waals surface area (Å²) in [5.41, 5.74) is 2.42. The summed E-state index contributed by atoms with van der Waals surface area (Å²) < 4.78 is 11.1. The highest BCUT2D eigenvalue weighted by molar-refractivity contribution is 7.08. The van der Waals surface area contributed by atoms with E-state index in [-0.39, 0.29) is 0 Å². The summed E-state index contributed by atoms with van der Waals surface area (Å²) in [6.45, 7) is 0. The van der Waals surface area contributed by atoms with E-state index in [0.717, 1.165) is 16.0 Å². The summed E-state index contributed by atoms with van der Waals surface area (Å²) in [6, 6.07) is 11.4. The molecule has 0 radical (unpaired) electrons. The molecule has 0 atom stereocenters. The number of para-hydroxylation sites is 1. The molecule has 1 aromatic carbocycles. The second-order valence-electron chi connectivity index (χ2n) is 3.89. The molecular formula is C12H7N5OS. The van der Waals surface area contributed by atoms with Crippen LogP contribution in [0.4, 0.5) is 0 Å². The smallest absolute Gasteiger partial charge is 0.171 e. The van der Waals surface area contributed by atoms with Crippen LogP contribution < -0.4 is 0 Å². The molecule has 19 heavy (non-hydrogen) atoms. The van der Waals surface area contributed by atoms with E-state index in [9.17, 15) is 0 Å². The number of benzene rings is 1. The molecule has 0 saturated heterocycles. The van der Waals surface area contributed by atoms with Crippen LogP contribution in [0.3, 0.4) is 0 Å². The van der Waals surface area contributed by atoms with Crippen molar-refractivity contribution in [3.05, 3.63) is 42.7 Å². The van der Waals surface area contributed by atoms with Crippen LogP contribution in [0, 0.1) is 0 Å². The topological polar surface area (TPSA) is 69.6 Å². The average Bonchev–Trinajstić information content (AvgIpc) is 3.17. The average molecular weight is 269 g/mol. The van der Waals surface area contributed by atoms with Gasteiger partial charge in [0.05, 0.1) is 11.8 Å². The van der Waals surface area contributed by atoms with Gasteiger partial charge in [-0.05, 0) is 24.3 Å². The fourth-order valence-electron chi connectivity index (χ4n) is 1.91. The second kappa shape index (κ2) is 3.99. The van der Waals surface area contributed by atoms with Gasteiger partial charge in [0.25, 0.3) is 0 Å². The molecule has 0 aliphatic carbocycles. The van der Waals surface area contributed by atoms with Crippen molar-refractivity contribution in [3.63, 3.8) is 0 Å². The molecule has 4 rings (SSSR count). The van der Waals surface area contributed by atoms with E-state index in [0.29, 0.717) is 11.5 Å². The largest absolute Gasteiger partial charge is 0.463 e. The number of hydrogen-bond donors (Lipinski definition) is 0. The summed E-state index contributed by atoms with van der Waals surface area (Å²) in [5.74, 6) is 0.670. The predicted molar refractivity (Wildman–Crippen MR) is 70.0 cm³/mol. The summed E-state index contributed by atoms with van der Waals surface area (Å²) in [4.78, 5) is 0. The third-order valence-corrected chi connectivity index (χ3v) is 3.47. The Morgan fingerprint density at radius 1 is 1.05 bits per heavy atom. The highest BCUT2D eigenvalue weighted by atomic mass is 32.1. The fraction of sp³-hybridized carbons (Fsp3) is 0. The molecule has 0 N–H and O–H groups in total. The lowest BCUT2D eigenvalue weighted by molar-refractivity contribution is 0.579. The third-order valence-electron chi connectivity index (χ3n) is 2.77. The Kier molecular flexibility index (Phi) is 2.18. The van der Waals surface area contributed by atoms with Gasteiger partial charge < -0.3 is 4.42 Å². The van der Waals surface area contributed by atoms with Crippen molar-refractivity contribution < 1.29 is 4.42 Å². The maximum absolute atomic E-state index is 5.37. The number of fused-ring (bicyclic) bond motifs is 1. The standard InChI is InChI=1S/C12H7N5OS/c1-2-5-9-8(4-1)13-15-17(9)12-11(14-16-19-12)10-6-3-7-18-10/h1-7H. The minimum absolute atomic E-state index is 0.670. The van der Waals surface area contributed by atoms with Crippen molar-refractivity contribution in [1.29, 1.82) is 0 Å². The van der Waals surface area contributed by atoms with Crippen LogP contribution in [-0.4, -0.2) is 24.6 Å². The number of rotatable bonds is 2. The van der Waals surface area contributed by atoms with E-state index < -0.39 is 0 Å². The monoisotopic (exact) mass is 269 g/mol. The van der Waals surface area contributed by atoms with Gasteiger partial charge in [-0.25, -0.2) is 0 Å². The van der Waals surface area contributed by atoms with Crippen LogP contribution in [0.5, 0.6) is 0 Å². The summed E-state index contributed by atoms with van der Waals surface area (Å²) in [7, 11) is 0. The SMILES string of the molecule is c1coc(-c2nnsc2-n2nnc3ccccc32)c1. The second-order valence-corrected chi connectivity index (χ2v) is 4.63. The number of aromatic nitrogens is 5. The lowest BCUT2D eigenvalue weighted by Gasteiger charge is -1.98. The molecule has 0 amide bonds. The van der Waals surface area contributed by atoms with Gasteiger partial charge in [-0.3, -0.25) is 0 Å². The van der Waals surface area contributed by atoms with Crippen LogP contribution in [0.2, 0.25) is 0 Å². The van der Waals surface area contributed by atoms with Gasteiger partial charge in [0.2, 0.25) is 0 Å². The van der Waals surface area contributed by atoms with Crippen molar-refractivity contribution in [2.75, 3.05) is 0 Å². The normalized spacial score (nSPS) is 11.2. The predicted octanol–water partition coefficient (Wildman–Crippen LogP) is 2.53. The minimum Gasteiger partial charge on any atom is -0.463 e. The van der Waals surface area contributed by atoms with E-state index in [4.69, 9.17) is 4.42 Å². The molecule has 6 nitrogen and oxygen atoms in total. The van der Waals surface area contributed by atoms with Crippen molar-refractivity contribution in [1.82, 2.24) is 24.6 Å². The maximum Gasteiger partial charge on any atom is 0.171 e. The first-order chi connectivity index (χ1) is 9.43. The maximum atomic E-state index is 5.37. The Hall–Kier alpha value is -2.54. The fourth-order valence-corrected chi connectivity index (χ4v) is 2.55. The van der Waals surface area contributed by atoms with Crippen LogP contribution in [0.25, 0.3) is 27.5 Å².